The first-order valence-corrected chi connectivity index (χ1v) is 8.99. The monoisotopic (exact) mass is 405 g/mol. The summed E-state index contributed by atoms with van der Waals surface area (Å²) in [6.45, 7) is 4.74. The van der Waals surface area contributed by atoms with Crippen molar-refractivity contribution >= 4 is 34.8 Å². The average Bonchev–Trinajstić information content (AvgIpc) is 2.69. The highest BCUT2D eigenvalue weighted by Crippen LogP contribution is 2.26. The van der Waals surface area contributed by atoms with E-state index in [2.05, 4.69) is 5.32 Å². The van der Waals surface area contributed by atoms with Crippen LogP contribution in [0.25, 0.3) is 0 Å². The van der Waals surface area contributed by atoms with E-state index in [1.807, 2.05) is 13.8 Å². The lowest BCUT2D eigenvalue weighted by Crippen LogP contribution is -2.30. The minimum absolute atomic E-state index is 0.0744. The lowest BCUT2D eigenvalue weighted by molar-refractivity contribution is -0.384. The number of benzene rings is 2. The van der Waals surface area contributed by atoms with Gasteiger partial charge in [-0.3, -0.25) is 19.7 Å². The molecule has 0 saturated heterocycles. The zero-order valence-corrected chi connectivity index (χ0v) is 16.2. The normalized spacial score (nSPS) is 10.2. The Bertz CT molecular complexity index is 866. The van der Waals surface area contributed by atoms with Crippen LogP contribution in [-0.2, 0) is 4.79 Å². The zero-order chi connectivity index (χ0) is 20.7. The van der Waals surface area contributed by atoms with Gasteiger partial charge in [-0.05, 0) is 44.2 Å². The number of hydrogen-bond acceptors (Lipinski definition) is 5. The summed E-state index contributed by atoms with van der Waals surface area (Å²) in [7, 11) is 0. The summed E-state index contributed by atoms with van der Waals surface area (Å²) >= 11 is 5.94. The van der Waals surface area contributed by atoms with Crippen molar-refractivity contribution in [2.75, 3.05) is 25.0 Å². The van der Waals surface area contributed by atoms with Gasteiger partial charge in [-0.25, -0.2) is 0 Å². The number of nitro groups is 1. The molecule has 0 radical (unpaired) electrons. The van der Waals surface area contributed by atoms with E-state index in [9.17, 15) is 19.7 Å². The number of amides is 2. The molecule has 0 spiro atoms. The van der Waals surface area contributed by atoms with Crippen molar-refractivity contribution in [2.45, 2.75) is 13.8 Å². The Kier molecular flexibility index (Phi) is 7.34. The van der Waals surface area contributed by atoms with Crippen LogP contribution in [0.4, 0.5) is 11.4 Å². The predicted octanol–water partition coefficient (Wildman–Crippen LogP) is 3.75. The Labute approximate surface area is 167 Å². The molecule has 2 rings (SSSR count). The van der Waals surface area contributed by atoms with E-state index in [1.54, 1.807) is 29.2 Å². The molecule has 2 amide bonds. The molecule has 8 nitrogen and oxygen atoms in total. The Balaban J connectivity index is 1.95. The SMILES string of the molecule is CCN(CC)C(=O)c1ccc(OCC(=O)Nc2cc([N+](=O)[O-])ccc2Cl)cc1. The summed E-state index contributed by atoms with van der Waals surface area (Å²) in [4.78, 5) is 36.2. The molecule has 0 aliphatic carbocycles. The Morgan fingerprint density at radius 2 is 1.79 bits per heavy atom. The quantitative estimate of drug-likeness (QED) is 0.532. The Morgan fingerprint density at radius 3 is 2.36 bits per heavy atom. The number of nitrogens with zero attached hydrogens (tertiary/aromatic N) is 2. The van der Waals surface area contributed by atoms with Crippen LogP contribution in [-0.4, -0.2) is 41.3 Å². The van der Waals surface area contributed by atoms with Gasteiger partial charge in [0.05, 0.1) is 15.6 Å². The fourth-order valence-electron chi connectivity index (χ4n) is 2.44. The first-order valence-electron chi connectivity index (χ1n) is 8.61. The van der Waals surface area contributed by atoms with E-state index < -0.39 is 10.8 Å². The molecule has 0 heterocycles. The van der Waals surface area contributed by atoms with Gasteiger partial charge >= 0.3 is 0 Å². The van der Waals surface area contributed by atoms with Gasteiger partial charge in [0.15, 0.2) is 6.61 Å². The van der Waals surface area contributed by atoms with Gasteiger partial charge in [-0.1, -0.05) is 11.6 Å². The van der Waals surface area contributed by atoms with Crippen LogP contribution >= 0.6 is 11.6 Å². The lowest BCUT2D eigenvalue weighted by Gasteiger charge is -2.18. The number of non-ortho nitro benzene ring substituents is 1. The van der Waals surface area contributed by atoms with E-state index in [4.69, 9.17) is 16.3 Å². The van der Waals surface area contributed by atoms with Crippen LogP contribution in [0.5, 0.6) is 5.75 Å². The smallest absolute Gasteiger partial charge is 0.271 e. The third-order valence-corrected chi connectivity index (χ3v) is 4.29. The van der Waals surface area contributed by atoms with E-state index in [0.29, 0.717) is 24.4 Å². The lowest BCUT2D eigenvalue weighted by atomic mass is 10.2. The molecule has 0 fully saturated rings. The third-order valence-electron chi connectivity index (χ3n) is 3.96. The van der Waals surface area contributed by atoms with Crippen LogP contribution in [0.1, 0.15) is 24.2 Å². The first-order chi connectivity index (χ1) is 13.3. The topological polar surface area (TPSA) is 102 Å². The number of halogens is 1. The van der Waals surface area contributed by atoms with E-state index in [1.165, 1.54) is 18.2 Å². The number of carbonyl (C=O) groups excluding carboxylic acids is 2. The molecule has 2 aromatic rings. The molecule has 0 aliphatic rings. The average molecular weight is 406 g/mol. The van der Waals surface area contributed by atoms with E-state index >= 15 is 0 Å². The summed E-state index contributed by atoms with van der Waals surface area (Å²) in [5, 5.41) is 13.5. The van der Waals surface area contributed by atoms with Gasteiger partial charge in [-0.2, -0.15) is 0 Å². The van der Waals surface area contributed by atoms with Crippen molar-refractivity contribution in [1.29, 1.82) is 0 Å². The van der Waals surface area contributed by atoms with Crippen molar-refractivity contribution < 1.29 is 19.2 Å². The second kappa shape index (κ2) is 9.70. The number of rotatable bonds is 8. The van der Waals surface area contributed by atoms with Gasteiger partial charge in [-0.15, -0.1) is 0 Å². The summed E-state index contributed by atoms with van der Waals surface area (Å²) in [5.74, 6) is -0.184. The molecule has 0 aliphatic heterocycles. The molecule has 0 unspecified atom stereocenters. The van der Waals surface area contributed by atoms with Gasteiger partial charge in [0, 0.05) is 30.8 Å². The largest absolute Gasteiger partial charge is 0.484 e. The predicted molar refractivity (Wildman–Crippen MR) is 106 cm³/mol. The third kappa shape index (κ3) is 5.43. The van der Waals surface area contributed by atoms with Gasteiger partial charge in [0.25, 0.3) is 17.5 Å². The number of carbonyl (C=O) groups is 2. The molecule has 0 bridgehead atoms. The number of hydrogen-bond donors (Lipinski definition) is 1. The van der Waals surface area contributed by atoms with Crippen molar-refractivity contribution in [1.82, 2.24) is 4.90 Å². The van der Waals surface area contributed by atoms with Gasteiger partial charge in [0.1, 0.15) is 5.75 Å². The molecule has 0 atom stereocenters. The molecule has 2 aromatic carbocycles. The van der Waals surface area contributed by atoms with Crippen LogP contribution in [0.15, 0.2) is 42.5 Å². The highest BCUT2D eigenvalue weighted by molar-refractivity contribution is 6.33. The van der Waals surface area contributed by atoms with Gasteiger partial charge < -0.3 is 15.0 Å². The number of anilines is 1. The molecule has 1 N–H and O–H groups in total. The molecular weight excluding hydrogens is 386 g/mol. The molecule has 0 aromatic heterocycles. The molecule has 148 valence electrons. The maximum Gasteiger partial charge on any atom is 0.271 e. The first kappa shape index (κ1) is 21.2. The van der Waals surface area contributed by atoms with Crippen LogP contribution in [0, 0.1) is 10.1 Å². The fourth-order valence-corrected chi connectivity index (χ4v) is 2.61. The minimum atomic E-state index is -0.580. The van der Waals surface area contributed by atoms with Crippen LogP contribution in [0.3, 0.4) is 0 Å². The number of ether oxygens (including phenoxy) is 1. The summed E-state index contributed by atoms with van der Waals surface area (Å²) in [6, 6.07) is 10.2. The maximum atomic E-state index is 12.3. The molecular formula is C19H20ClN3O5. The molecule has 28 heavy (non-hydrogen) atoms. The van der Waals surface area contributed by atoms with Crippen LogP contribution < -0.4 is 10.1 Å². The Morgan fingerprint density at radius 1 is 1.14 bits per heavy atom. The van der Waals surface area contributed by atoms with Crippen LogP contribution in [0.2, 0.25) is 5.02 Å². The summed E-state index contributed by atoms with van der Waals surface area (Å²) in [6.07, 6.45) is 0. The van der Waals surface area contributed by atoms with Gasteiger partial charge in [0.2, 0.25) is 0 Å². The Hall–Kier alpha value is -3.13. The van der Waals surface area contributed by atoms with Crippen molar-refractivity contribution in [3.05, 3.63) is 63.2 Å². The van der Waals surface area contributed by atoms with Crippen molar-refractivity contribution in [3.8, 4) is 5.75 Å². The standard InChI is InChI=1S/C19H20ClN3O5/c1-3-22(4-2)19(25)13-5-8-15(9-6-13)28-12-18(24)21-17-11-14(23(26)27)7-10-16(17)20/h5-11H,3-4,12H2,1-2H3,(H,21,24). The number of nitrogens with one attached hydrogen (secondary N) is 1. The van der Waals surface area contributed by atoms with E-state index in [0.717, 1.165) is 0 Å². The summed E-state index contributed by atoms with van der Waals surface area (Å²) in [5.41, 5.74) is 0.475. The highest BCUT2D eigenvalue weighted by atomic mass is 35.5. The highest BCUT2D eigenvalue weighted by Gasteiger charge is 2.14. The maximum absolute atomic E-state index is 12.3. The zero-order valence-electron chi connectivity index (χ0n) is 15.5. The van der Waals surface area contributed by atoms with E-state index in [-0.39, 0.29) is 28.9 Å². The molecule has 0 saturated carbocycles. The van der Waals surface area contributed by atoms with Crippen molar-refractivity contribution in [2.24, 2.45) is 0 Å². The fraction of sp³-hybridized carbons (Fsp3) is 0.263. The second-order valence-electron chi connectivity index (χ2n) is 5.76. The summed E-state index contributed by atoms with van der Waals surface area (Å²) < 4.78 is 5.39. The van der Waals surface area contributed by atoms with Crippen molar-refractivity contribution in [3.63, 3.8) is 0 Å². The number of nitro benzene ring substituents is 1. The second-order valence-corrected chi connectivity index (χ2v) is 6.17. The molecule has 9 heteroatoms. The minimum Gasteiger partial charge on any atom is -0.484 e.